The van der Waals surface area contributed by atoms with Gasteiger partial charge in [0.05, 0.1) is 0 Å². The molecule has 1 aliphatic carbocycles. The van der Waals surface area contributed by atoms with E-state index in [-0.39, 0.29) is 6.04 Å². The van der Waals surface area contributed by atoms with Crippen LogP contribution in [-0.4, -0.2) is 27.4 Å². The minimum atomic E-state index is -5.22. The van der Waals surface area contributed by atoms with Crippen LogP contribution in [0.25, 0.3) is 0 Å². The fraction of sp³-hybridized carbons (Fsp3) is 1.00. The number of hydrogen-bond donors (Lipinski definition) is 2. The molecule has 1 fully saturated rings. The lowest BCUT2D eigenvalue weighted by Crippen LogP contribution is -2.35. The molecule has 0 aromatic carbocycles. The van der Waals surface area contributed by atoms with Gasteiger partial charge in [0.15, 0.2) is 0 Å². The van der Waals surface area contributed by atoms with Crippen LogP contribution in [0.3, 0.4) is 0 Å². The van der Waals surface area contributed by atoms with Crippen LogP contribution >= 0.6 is 0 Å². The Morgan fingerprint density at radius 1 is 1.07 bits per heavy atom. The Balaban J connectivity index is 2.49. The van der Waals surface area contributed by atoms with Crippen molar-refractivity contribution in [1.29, 1.82) is 0 Å². The average molecular weight is 259 g/mol. The van der Waals surface area contributed by atoms with E-state index in [4.69, 9.17) is 4.55 Å². The van der Waals surface area contributed by atoms with Gasteiger partial charge < -0.3 is 0 Å². The molecule has 0 atom stereocenters. The number of hydrogen-bond acceptors (Lipinski definition) is 6. The van der Waals surface area contributed by atoms with Gasteiger partial charge in [0.2, 0.25) is 0 Å². The number of hydroxylamine groups is 1. The molecule has 0 amide bonds. The third-order valence-corrected chi connectivity index (χ3v) is 4.75. The van der Waals surface area contributed by atoms with E-state index in [1.807, 2.05) is 0 Å². The van der Waals surface area contributed by atoms with Crippen molar-refractivity contribution < 1.29 is 25.7 Å². The van der Waals surface area contributed by atoms with Crippen molar-refractivity contribution in [2.75, 3.05) is 0 Å². The summed E-state index contributed by atoms with van der Waals surface area (Å²) in [6, 6.07) is -0.185. The lowest BCUT2D eigenvalue weighted by molar-refractivity contribution is 0.144. The molecule has 0 unspecified atom stereocenters. The molecule has 0 aromatic rings. The fourth-order valence-electron chi connectivity index (χ4n) is 1.39. The SMILES string of the molecule is O=S(=O)(O)S(=O)(=O)ONC1CCCCC1. The molecule has 7 nitrogen and oxygen atoms in total. The Morgan fingerprint density at radius 2 is 1.60 bits per heavy atom. The lowest BCUT2D eigenvalue weighted by atomic mass is 9.96. The Hall–Kier alpha value is -0.220. The summed E-state index contributed by atoms with van der Waals surface area (Å²) < 4.78 is 54.5. The summed E-state index contributed by atoms with van der Waals surface area (Å²) in [5.74, 6) is 0. The van der Waals surface area contributed by atoms with E-state index in [1.165, 1.54) is 0 Å². The van der Waals surface area contributed by atoms with Gasteiger partial charge in [-0.3, -0.25) is 4.55 Å². The van der Waals surface area contributed by atoms with Gasteiger partial charge >= 0.3 is 18.3 Å². The molecule has 1 aliphatic rings. The van der Waals surface area contributed by atoms with Crippen LogP contribution in [0.5, 0.6) is 0 Å². The van der Waals surface area contributed by atoms with E-state index in [0.717, 1.165) is 32.1 Å². The van der Waals surface area contributed by atoms with Crippen molar-refractivity contribution in [3.8, 4) is 0 Å². The van der Waals surface area contributed by atoms with Crippen LogP contribution in [0.15, 0.2) is 0 Å². The highest BCUT2D eigenvalue weighted by Gasteiger charge is 2.30. The summed E-state index contributed by atoms with van der Waals surface area (Å²) >= 11 is 0. The van der Waals surface area contributed by atoms with Gasteiger partial charge in [0, 0.05) is 6.04 Å². The van der Waals surface area contributed by atoms with E-state index in [9.17, 15) is 16.8 Å². The zero-order valence-electron chi connectivity index (χ0n) is 7.92. The predicted molar refractivity (Wildman–Crippen MR) is 51.6 cm³/mol. The zero-order valence-corrected chi connectivity index (χ0v) is 9.55. The molecular formula is C6H13NO6S2. The highest BCUT2D eigenvalue weighted by atomic mass is 33.2. The van der Waals surface area contributed by atoms with Gasteiger partial charge in [-0.2, -0.15) is 26.6 Å². The van der Waals surface area contributed by atoms with Crippen molar-refractivity contribution in [3.05, 3.63) is 0 Å². The molecule has 0 saturated heterocycles. The second-order valence-electron chi connectivity index (χ2n) is 3.37. The van der Waals surface area contributed by atoms with Crippen molar-refractivity contribution in [2.24, 2.45) is 0 Å². The second kappa shape index (κ2) is 4.74. The van der Waals surface area contributed by atoms with Crippen LogP contribution in [-0.2, 0) is 22.6 Å². The van der Waals surface area contributed by atoms with E-state index in [2.05, 4.69) is 9.76 Å². The van der Waals surface area contributed by atoms with Crippen LogP contribution < -0.4 is 5.48 Å². The summed E-state index contributed by atoms with van der Waals surface area (Å²) in [4.78, 5) is 0. The van der Waals surface area contributed by atoms with Gasteiger partial charge in [-0.05, 0) is 12.8 Å². The van der Waals surface area contributed by atoms with Crippen molar-refractivity contribution in [3.63, 3.8) is 0 Å². The molecule has 0 bridgehead atoms. The maximum atomic E-state index is 10.8. The Bertz CT molecular complexity index is 393. The van der Waals surface area contributed by atoms with Crippen molar-refractivity contribution in [2.45, 2.75) is 38.1 Å². The molecule has 15 heavy (non-hydrogen) atoms. The largest absolute Gasteiger partial charge is 0.415 e. The van der Waals surface area contributed by atoms with Gasteiger partial charge in [0.1, 0.15) is 0 Å². The molecular weight excluding hydrogens is 246 g/mol. The summed E-state index contributed by atoms with van der Waals surface area (Å²) in [7, 11) is -10.2. The maximum Gasteiger partial charge on any atom is 0.415 e. The molecule has 9 heteroatoms. The topological polar surface area (TPSA) is 110 Å². The molecule has 0 aromatic heterocycles. The van der Waals surface area contributed by atoms with Crippen LogP contribution in [0.1, 0.15) is 32.1 Å². The first-order chi connectivity index (χ1) is 6.83. The summed E-state index contributed by atoms with van der Waals surface area (Å²) in [6.07, 6.45) is 4.39. The van der Waals surface area contributed by atoms with Gasteiger partial charge in [-0.25, -0.2) is 0 Å². The minimum Gasteiger partial charge on any atom is -0.272 e. The van der Waals surface area contributed by atoms with Gasteiger partial charge in [-0.1, -0.05) is 19.3 Å². The Labute approximate surface area is 88.0 Å². The standard InChI is InChI=1S/C6H13NO6S2/c8-14(9,10)15(11,12)13-7-6-4-2-1-3-5-6/h6-7H,1-5H2,(H,8,9,10). The molecule has 0 spiro atoms. The fourth-order valence-corrected chi connectivity index (χ4v) is 2.11. The molecule has 90 valence electrons. The highest BCUT2D eigenvalue weighted by molar-refractivity contribution is 8.63. The van der Waals surface area contributed by atoms with E-state index < -0.39 is 18.3 Å². The molecule has 0 radical (unpaired) electrons. The van der Waals surface area contributed by atoms with Gasteiger partial charge in [0.25, 0.3) is 0 Å². The zero-order chi connectivity index (χ0) is 11.5. The molecule has 0 aliphatic heterocycles. The lowest BCUT2D eigenvalue weighted by Gasteiger charge is -2.21. The summed E-state index contributed by atoms with van der Waals surface area (Å²) in [6.45, 7) is 0. The first-order valence-electron chi connectivity index (χ1n) is 4.49. The Kier molecular flexibility index (Phi) is 4.06. The monoisotopic (exact) mass is 259 g/mol. The van der Waals surface area contributed by atoms with E-state index >= 15 is 0 Å². The summed E-state index contributed by atoms with van der Waals surface area (Å²) in [5.41, 5.74) is 2.14. The highest BCUT2D eigenvalue weighted by Crippen LogP contribution is 2.17. The third-order valence-electron chi connectivity index (χ3n) is 2.18. The maximum absolute atomic E-state index is 10.8. The molecule has 2 N–H and O–H groups in total. The Morgan fingerprint density at radius 3 is 2.07 bits per heavy atom. The van der Waals surface area contributed by atoms with Crippen molar-refractivity contribution >= 4 is 18.3 Å². The van der Waals surface area contributed by atoms with E-state index in [0.29, 0.717) is 0 Å². The molecule has 1 rings (SSSR count). The van der Waals surface area contributed by atoms with Crippen molar-refractivity contribution in [1.82, 2.24) is 5.48 Å². The quantitative estimate of drug-likeness (QED) is 0.414. The summed E-state index contributed by atoms with van der Waals surface area (Å²) in [5, 5.41) is 0. The first kappa shape index (κ1) is 12.8. The molecule has 0 heterocycles. The first-order valence-corrected chi connectivity index (χ1v) is 7.86. The normalized spacial score (nSPS) is 20.3. The van der Waals surface area contributed by atoms with Gasteiger partial charge in [-0.15, -0.1) is 0 Å². The van der Waals surface area contributed by atoms with Crippen LogP contribution in [0, 0.1) is 0 Å². The smallest absolute Gasteiger partial charge is 0.272 e. The molecule has 1 saturated carbocycles. The van der Waals surface area contributed by atoms with E-state index in [1.54, 1.807) is 0 Å². The van der Waals surface area contributed by atoms with Crippen LogP contribution in [0.2, 0.25) is 0 Å². The minimum absolute atomic E-state index is 0.185. The predicted octanol–water partition coefficient (Wildman–Crippen LogP) is -0.0271. The second-order valence-corrected chi connectivity index (χ2v) is 7.70. The number of rotatable bonds is 4. The third kappa shape index (κ3) is 3.68. The van der Waals surface area contributed by atoms with Crippen LogP contribution in [0.4, 0.5) is 0 Å². The number of nitrogens with one attached hydrogen (secondary N) is 1. The average Bonchev–Trinajstić information content (AvgIpc) is 2.15.